The molecule has 0 aliphatic rings. The van der Waals surface area contributed by atoms with Gasteiger partial charge in [0.25, 0.3) is 11.4 Å². The molecule has 0 amide bonds. The molecule has 231 valence electrons. The quantitative estimate of drug-likeness (QED) is 0.108. The minimum atomic E-state index is -0.664. The first-order valence-corrected chi connectivity index (χ1v) is 13.3. The summed E-state index contributed by atoms with van der Waals surface area (Å²) in [6, 6.07) is 27.1. The third-order valence-corrected chi connectivity index (χ3v) is 6.57. The van der Waals surface area contributed by atoms with Gasteiger partial charge in [-0.15, -0.1) is 5.11 Å². The molecule has 0 unspecified atom stereocenters. The van der Waals surface area contributed by atoms with Gasteiger partial charge < -0.3 is 20.4 Å². The molecule has 15 heteroatoms. The van der Waals surface area contributed by atoms with E-state index in [2.05, 4.69) is 20.5 Å². The number of azo groups is 2. The summed E-state index contributed by atoms with van der Waals surface area (Å²) < 4.78 is 0. The number of phenols is 1. The maximum Gasteiger partial charge on any atom is 3.00 e. The Kier molecular flexibility index (Phi) is 10.4. The molecule has 14 nitrogen and oxygen atoms in total. The average molecular weight is 668 g/mol. The van der Waals surface area contributed by atoms with Gasteiger partial charge >= 0.3 is 17.4 Å². The van der Waals surface area contributed by atoms with Crippen molar-refractivity contribution in [2.45, 2.75) is 0 Å². The molecular weight excluding hydrogens is 648 g/mol. The van der Waals surface area contributed by atoms with Crippen molar-refractivity contribution in [3.63, 3.8) is 0 Å². The van der Waals surface area contributed by atoms with Crippen LogP contribution < -0.4 is 15.3 Å². The first-order valence-electron chi connectivity index (χ1n) is 13.3. The molecule has 0 heterocycles. The normalized spacial score (nSPS) is 10.9. The molecule has 47 heavy (non-hydrogen) atoms. The number of hydrogen-bond donors (Lipinski definition) is 1. The molecule has 0 bridgehead atoms. The number of aromatic hydroxyl groups is 1. The van der Waals surface area contributed by atoms with Crippen molar-refractivity contribution < 1.29 is 47.6 Å². The van der Waals surface area contributed by atoms with Crippen LogP contribution in [-0.4, -0.2) is 15.0 Å². The van der Waals surface area contributed by atoms with Crippen LogP contribution in [-0.2, 0) is 17.4 Å². The van der Waals surface area contributed by atoms with Crippen LogP contribution in [0.25, 0.3) is 21.5 Å². The Bertz CT molecular complexity index is 2190. The van der Waals surface area contributed by atoms with E-state index in [1.54, 1.807) is 36.4 Å². The van der Waals surface area contributed by atoms with Crippen LogP contribution >= 0.6 is 0 Å². The molecule has 0 spiro atoms. The van der Waals surface area contributed by atoms with Crippen molar-refractivity contribution in [1.82, 2.24) is 0 Å². The van der Waals surface area contributed by atoms with E-state index in [-0.39, 0.29) is 63.0 Å². The number of rotatable bonds is 6. The molecule has 0 saturated heterocycles. The summed E-state index contributed by atoms with van der Waals surface area (Å²) in [7, 11) is 0. The third kappa shape index (κ3) is 7.63. The van der Waals surface area contributed by atoms with Gasteiger partial charge in [0.05, 0.1) is 26.9 Å². The SMILES string of the molecule is O=[N+]([O-])c1ccc(N=Nc2c([O-])ccc3ccccc23)c([O-])c1.O=[N+]([O-])c1ccc([O-])c(N=Nc2c(O)ccc3ccccc23)c1.[Cr+3]. The Morgan fingerprint density at radius 1 is 0.511 bits per heavy atom. The fourth-order valence-corrected chi connectivity index (χ4v) is 4.29. The predicted molar refractivity (Wildman–Crippen MR) is 162 cm³/mol. The van der Waals surface area contributed by atoms with E-state index in [0.717, 1.165) is 41.1 Å². The minimum absolute atomic E-state index is 0. The molecule has 0 aliphatic carbocycles. The van der Waals surface area contributed by atoms with E-state index in [4.69, 9.17) is 0 Å². The molecule has 0 atom stereocenters. The largest absolute Gasteiger partial charge is 3.00 e. The molecule has 6 aromatic rings. The number of nitrogens with zero attached hydrogens (tertiary/aromatic N) is 6. The Morgan fingerprint density at radius 2 is 1.02 bits per heavy atom. The molecule has 1 N–H and O–H groups in total. The zero-order chi connectivity index (χ0) is 32.8. The number of benzene rings is 6. The van der Waals surface area contributed by atoms with Crippen LogP contribution in [0.2, 0.25) is 0 Å². The maximum absolute atomic E-state index is 12.0. The molecule has 0 aromatic heterocycles. The molecule has 0 aliphatic heterocycles. The Morgan fingerprint density at radius 3 is 1.66 bits per heavy atom. The average Bonchev–Trinajstić information content (AvgIpc) is 3.05. The Labute approximate surface area is 275 Å². The number of nitro benzene ring substituents is 2. The van der Waals surface area contributed by atoms with E-state index in [1.165, 1.54) is 18.2 Å². The molecule has 0 saturated carbocycles. The van der Waals surface area contributed by atoms with Crippen LogP contribution in [0.5, 0.6) is 23.0 Å². The van der Waals surface area contributed by atoms with Gasteiger partial charge in [0.1, 0.15) is 11.4 Å². The van der Waals surface area contributed by atoms with Crippen LogP contribution in [0, 0.1) is 20.2 Å². The summed E-state index contributed by atoms with van der Waals surface area (Å²) >= 11 is 0. The summed E-state index contributed by atoms with van der Waals surface area (Å²) in [6.45, 7) is 0. The first-order chi connectivity index (χ1) is 22.1. The van der Waals surface area contributed by atoms with Gasteiger partial charge in [0.15, 0.2) is 0 Å². The van der Waals surface area contributed by atoms with Crippen LogP contribution in [0.3, 0.4) is 0 Å². The number of fused-ring (bicyclic) bond motifs is 2. The van der Waals surface area contributed by atoms with Gasteiger partial charge in [-0.05, 0) is 22.9 Å². The summed E-state index contributed by atoms with van der Waals surface area (Å²) in [5.41, 5.74) is -0.464. The van der Waals surface area contributed by atoms with Gasteiger partial charge in [-0.1, -0.05) is 90.0 Å². The summed E-state index contributed by atoms with van der Waals surface area (Å²) in [6.07, 6.45) is 0. The third-order valence-electron chi connectivity index (χ3n) is 6.57. The van der Waals surface area contributed by atoms with E-state index in [1.807, 2.05) is 24.3 Å². The van der Waals surface area contributed by atoms with Gasteiger partial charge in [-0.3, -0.25) is 20.2 Å². The molecule has 6 rings (SSSR count). The Hall–Kier alpha value is -6.43. The van der Waals surface area contributed by atoms with Crippen molar-refractivity contribution >= 4 is 55.7 Å². The standard InChI is InChI=1S/2C16H11N3O4.Cr/c20-14-8-5-10-3-1-2-4-12(10)16(14)18-17-13-7-6-11(19(22)23)9-15(13)21;20-14-8-6-11(19(22)23)9-13(14)17-18-16-12-4-2-1-3-10(12)5-7-15(16)21;/h2*1-9,20-21H;/q;;+3/p-3. The Balaban J connectivity index is 0.000000208. The fraction of sp³-hybridized carbons (Fsp3) is 0. The van der Waals surface area contributed by atoms with Crippen molar-refractivity contribution in [2.24, 2.45) is 20.5 Å². The maximum atomic E-state index is 12.0. The van der Waals surface area contributed by atoms with Crippen molar-refractivity contribution in [3.8, 4) is 23.0 Å². The van der Waals surface area contributed by atoms with Crippen LogP contribution in [0.4, 0.5) is 34.1 Å². The minimum Gasteiger partial charge on any atom is -0.871 e. The van der Waals surface area contributed by atoms with E-state index < -0.39 is 21.3 Å². The van der Waals surface area contributed by atoms with Crippen LogP contribution in [0.1, 0.15) is 0 Å². The number of phenolic OH excluding ortho intramolecular Hbond substituents is 1. The smallest absolute Gasteiger partial charge is 0.871 e. The fourth-order valence-electron chi connectivity index (χ4n) is 4.29. The summed E-state index contributed by atoms with van der Waals surface area (Å²) in [5.74, 6) is -1.53. The van der Waals surface area contributed by atoms with Crippen LogP contribution in [0.15, 0.2) is 130 Å². The zero-order valence-corrected chi connectivity index (χ0v) is 25.1. The van der Waals surface area contributed by atoms with Gasteiger partial charge in [-0.2, -0.15) is 15.3 Å². The van der Waals surface area contributed by atoms with Gasteiger partial charge in [0.2, 0.25) is 0 Å². The second-order valence-corrected chi connectivity index (χ2v) is 9.51. The van der Waals surface area contributed by atoms with Crippen molar-refractivity contribution in [1.29, 1.82) is 0 Å². The number of hydrogen-bond acceptors (Lipinski definition) is 12. The zero-order valence-electron chi connectivity index (χ0n) is 23.8. The van der Waals surface area contributed by atoms with E-state index >= 15 is 0 Å². The summed E-state index contributed by atoms with van der Waals surface area (Å²) in [5, 5.41) is 85.1. The first kappa shape index (κ1) is 33.5. The monoisotopic (exact) mass is 667 g/mol. The van der Waals surface area contributed by atoms with E-state index in [0.29, 0.717) is 10.8 Å². The second kappa shape index (κ2) is 14.6. The number of non-ortho nitro benzene ring substituents is 2. The predicted octanol–water partition coefficient (Wildman–Crippen LogP) is 7.25. The van der Waals surface area contributed by atoms with E-state index in [9.17, 15) is 40.7 Å². The summed E-state index contributed by atoms with van der Waals surface area (Å²) in [4.78, 5) is 20.1. The molecule has 6 aromatic carbocycles. The van der Waals surface area contributed by atoms with Crippen molar-refractivity contribution in [3.05, 3.63) is 129 Å². The molecule has 1 radical (unpaired) electrons. The van der Waals surface area contributed by atoms with Gasteiger partial charge in [-0.25, -0.2) is 0 Å². The second-order valence-electron chi connectivity index (χ2n) is 9.51. The van der Waals surface area contributed by atoms with Crippen molar-refractivity contribution in [2.75, 3.05) is 0 Å². The number of nitro groups is 2. The molecular formula is C32H19CrN6O8. The van der Waals surface area contributed by atoms with Gasteiger partial charge in [0, 0.05) is 35.0 Å². The topological polar surface area (TPSA) is 225 Å². The molecule has 0 fully saturated rings.